The molecular weight excluding hydrogens is 348 g/mol. The molecule has 0 N–H and O–H groups in total. The first-order valence-corrected chi connectivity index (χ1v) is 9.96. The molecule has 28 heavy (non-hydrogen) atoms. The van der Waals surface area contributed by atoms with Gasteiger partial charge in [0.05, 0.1) is 35.5 Å². The highest BCUT2D eigenvalue weighted by molar-refractivity contribution is 6.09. The minimum Gasteiger partial charge on any atom is -0.298 e. The van der Waals surface area contributed by atoms with Crippen LogP contribution in [0.4, 0.5) is 0 Å². The average molecular weight is 362 g/mol. The van der Waals surface area contributed by atoms with Crippen LogP contribution in [-0.4, -0.2) is 17.3 Å². The van der Waals surface area contributed by atoms with E-state index >= 15 is 0 Å². The monoisotopic (exact) mass is 362 g/mol. The van der Waals surface area contributed by atoms with E-state index in [4.69, 9.17) is 0 Å². The van der Waals surface area contributed by atoms with E-state index in [0.717, 1.165) is 44.5 Å². The highest BCUT2D eigenvalue weighted by Crippen LogP contribution is 2.59. The molecule has 0 saturated carbocycles. The fourth-order valence-corrected chi connectivity index (χ4v) is 6.77. The van der Waals surface area contributed by atoms with E-state index in [1.165, 1.54) is 0 Å². The van der Waals surface area contributed by atoms with E-state index < -0.39 is 0 Å². The lowest BCUT2D eigenvalue weighted by molar-refractivity contribution is -0.119. The molecule has 6 aliphatic rings. The fraction of sp³-hybridized carbons (Fsp3) is 0.240. The lowest BCUT2D eigenvalue weighted by Crippen LogP contribution is -2.08. The standard InChI is InChI=1S/C25H14O3/c26-23-9-1-2-10(23)14-6-18-17(5-13(9)14)21-19-7-15-11-3-4-12(24(11)27)16(15)8-20(19)22(18)25(21)28/h1-12,21-22H/t9-,10?,11+,12?,21+,22?. The minimum atomic E-state index is -0.234. The van der Waals surface area contributed by atoms with Crippen LogP contribution in [0.15, 0.2) is 48.6 Å². The van der Waals surface area contributed by atoms with Crippen molar-refractivity contribution in [3.05, 3.63) is 93.1 Å². The molecule has 0 amide bonds. The Bertz CT molecular complexity index is 1120. The number of carbonyl (C=O) groups excluding carboxylic acids is 3. The van der Waals surface area contributed by atoms with E-state index in [2.05, 4.69) is 24.3 Å². The third kappa shape index (κ3) is 1.22. The van der Waals surface area contributed by atoms with Crippen LogP contribution in [0.2, 0.25) is 0 Å². The van der Waals surface area contributed by atoms with E-state index in [9.17, 15) is 14.4 Å². The van der Waals surface area contributed by atoms with Crippen molar-refractivity contribution in [2.75, 3.05) is 0 Å². The smallest absolute Gasteiger partial charge is 0.156 e. The van der Waals surface area contributed by atoms with Gasteiger partial charge in [-0.2, -0.15) is 0 Å². The van der Waals surface area contributed by atoms with Gasteiger partial charge in [0.15, 0.2) is 17.3 Å². The Morgan fingerprint density at radius 3 is 0.964 bits per heavy atom. The number of Topliss-reactive ketones (excluding diaryl/α,β-unsaturated/α-hetero) is 3. The van der Waals surface area contributed by atoms with Crippen LogP contribution in [0.25, 0.3) is 0 Å². The number of allylic oxidation sites excluding steroid dienone is 4. The van der Waals surface area contributed by atoms with Gasteiger partial charge in [0.1, 0.15) is 0 Å². The Morgan fingerprint density at radius 1 is 0.393 bits per heavy atom. The molecule has 0 aliphatic heterocycles. The molecule has 3 unspecified atom stereocenters. The molecule has 0 radical (unpaired) electrons. The summed E-state index contributed by atoms with van der Waals surface area (Å²) in [6.45, 7) is 0. The van der Waals surface area contributed by atoms with Crippen molar-refractivity contribution < 1.29 is 14.4 Å². The molecule has 8 rings (SSSR count). The molecular formula is C25H14O3. The molecule has 0 heterocycles. The fourth-order valence-electron chi connectivity index (χ4n) is 6.77. The summed E-state index contributed by atoms with van der Waals surface area (Å²) in [4.78, 5) is 38.2. The lowest BCUT2D eigenvalue weighted by atomic mass is 9.80. The highest BCUT2D eigenvalue weighted by Gasteiger charge is 2.53. The second kappa shape index (κ2) is 4.02. The van der Waals surface area contributed by atoms with Crippen molar-refractivity contribution in [3.8, 4) is 0 Å². The highest BCUT2D eigenvalue weighted by atomic mass is 16.1. The summed E-state index contributed by atoms with van der Waals surface area (Å²) in [5.74, 6) is -0.172. The average Bonchev–Trinajstić information content (AvgIpc) is 3.48. The molecule has 2 aromatic carbocycles. The minimum absolute atomic E-state index is 0.127. The normalized spacial score (nSPS) is 35.8. The number of ketones is 3. The van der Waals surface area contributed by atoms with Crippen LogP contribution in [0.1, 0.15) is 80.0 Å². The van der Waals surface area contributed by atoms with E-state index in [1.54, 1.807) is 0 Å². The molecule has 0 spiro atoms. The number of carbonyl (C=O) groups is 3. The molecule has 3 heteroatoms. The quantitative estimate of drug-likeness (QED) is 0.674. The molecule has 6 atom stereocenters. The molecule has 2 aromatic rings. The number of fused-ring (bicyclic) bond motifs is 18. The zero-order chi connectivity index (χ0) is 18.5. The van der Waals surface area contributed by atoms with Crippen molar-refractivity contribution in [1.29, 1.82) is 0 Å². The first-order chi connectivity index (χ1) is 13.6. The second-order valence-corrected chi connectivity index (χ2v) is 8.97. The maximum Gasteiger partial charge on any atom is 0.156 e. The van der Waals surface area contributed by atoms with E-state index in [0.29, 0.717) is 0 Å². The third-order valence-electron chi connectivity index (χ3n) is 7.95. The molecule has 0 saturated heterocycles. The maximum atomic E-state index is 13.3. The summed E-state index contributed by atoms with van der Waals surface area (Å²) >= 11 is 0. The van der Waals surface area contributed by atoms with Gasteiger partial charge in [-0.3, -0.25) is 14.4 Å². The van der Waals surface area contributed by atoms with Gasteiger partial charge >= 0.3 is 0 Å². The summed E-state index contributed by atoms with van der Waals surface area (Å²) in [5.41, 5.74) is 8.71. The molecule has 132 valence electrons. The Kier molecular flexibility index (Phi) is 2.01. The third-order valence-corrected chi connectivity index (χ3v) is 7.95. The second-order valence-electron chi connectivity index (χ2n) is 8.97. The Labute approximate surface area is 160 Å². The Morgan fingerprint density at radius 2 is 0.679 bits per heavy atom. The van der Waals surface area contributed by atoms with Crippen LogP contribution in [0.3, 0.4) is 0 Å². The van der Waals surface area contributed by atoms with Gasteiger partial charge in [-0.15, -0.1) is 0 Å². The van der Waals surface area contributed by atoms with Crippen molar-refractivity contribution in [1.82, 2.24) is 0 Å². The van der Waals surface area contributed by atoms with Crippen molar-refractivity contribution in [2.24, 2.45) is 0 Å². The first kappa shape index (κ1) is 14.0. The zero-order valence-corrected chi connectivity index (χ0v) is 14.8. The Balaban J connectivity index is 1.36. The van der Waals surface area contributed by atoms with Crippen LogP contribution in [-0.2, 0) is 14.4 Å². The first-order valence-electron chi connectivity index (χ1n) is 9.96. The summed E-state index contributed by atoms with van der Waals surface area (Å²) < 4.78 is 0. The van der Waals surface area contributed by atoms with Crippen molar-refractivity contribution in [3.63, 3.8) is 0 Å². The summed E-state index contributed by atoms with van der Waals surface area (Å²) in [7, 11) is 0. The van der Waals surface area contributed by atoms with Crippen LogP contribution in [0, 0.1) is 0 Å². The van der Waals surface area contributed by atoms with Gasteiger partial charge in [-0.25, -0.2) is 0 Å². The maximum absolute atomic E-state index is 13.3. The van der Waals surface area contributed by atoms with Crippen LogP contribution >= 0.6 is 0 Å². The van der Waals surface area contributed by atoms with Gasteiger partial charge in [0.25, 0.3) is 0 Å². The predicted molar refractivity (Wildman–Crippen MR) is 101 cm³/mol. The van der Waals surface area contributed by atoms with E-state index in [-0.39, 0.29) is 52.9 Å². The topological polar surface area (TPSA) is 51.2 Å². The lowest BCUT2D eigenvalue weighted by Gasteiger charge is -2.23. The summed E-state index contributed by atoms with van der Waals surface area (Å²) in [5, 5.41) is 0. The number of hydrogen-bond acceptors (Lipinski definition) is 3. The largest absolute Gasteiger partial charge is 0.298 e. The predicted octanol–water partition coefficient (Wildman–Crippen LogP) is 3.49. The van der Waals surface area contributed by atoms with Gasteiger partial charge in [-0.1, -0.05) is 48.6 Å². The molecule has 6 bridgehead atoms. The van der Waals surface area contributed by atoms with Gasteiger partial charge < -0.3 is 0 Å². The van der Waals surface area contributed by atoms with Crippen LogP contribution in [0.5, 0.6) is 0 Å². The van der Waals surface area contributed by atoms with Gasteiger partial charge in [0.2, 0.25) is 0 Å². The van der Waals surface area contributed by atoms with Crippen LogP contribution < -0.4 is 0 Å². The molecule has 6 aliphatic carbocycles. The molecule has 0 fully saturated rings. The molecule has 0 aromatic heterocycles. The van der Waals surface area contributed by atoms with Crippen molar-refractivity contribution >= 4 is 17.3 Å². The zero-order valence-electron chi connectivity index (χ0n) is 14.8. The Hall–Kier alpha value is -3.07. The number of hydrogen-bond donors (Lipinski definition) is 0. The SMILES string of the molecule is O=C1C2c3cc4c(cc3[C@@H]1c1cc3c(cc12)C1C=C[C@H]3C1=O)[C@@H]1C=CC4C1=O. The summed E-state index contributed by atoms with van der Waals surface area (Å²) in [6, 6.07) is 8.53. The van der Waals surface area contributed by atoms with Crippen molar-refractivity contribution in [2.45, 2.75) is 35.5 Å². The van der Waals surface area contributed by atoms with Gasteiger partial charge in [0, 0.05) is 0 Å². The van der Waals surface area contributed by atoms with Gasteiger partial charge in [-0.05, 0) is 44.5 Å². The van der Waals surface area contributed by atoms with E-state index in [1.807, 2.05) is 24.3 Å². The molecule has 3 nitrogen and oxygen atoms in total. The number of rotatable bonds is 0. The summed E-state index contributed by atoms with van der Waals surface area (Å²) in [6.07, 6.45) is 8.02. The number of benzene rings is 2.